The van der Waals surface area contributed by atoms with Crippen LogP contribution in [0.1, 0.15) is 26.3 Å². The number of hydrogen-bond acceptors (Lipinski definition) is 2. The Morgan fingerprint density at radius 1 is 1.43 bits per heavy atom. The fraction of sp³-hybridized carbons (Fsp3) is 0.562. The molecule has 1 aliphatic heterocycles. The largest absolute Gasteiger partial charge is 0.336 e. The highest BCUT2D eigenvalue weighted by molar-refractivity contribution is 9.10. The van der Waals surface area contributed by atoms with Crippen LogP contribution in [0.4, 0.5) is 4.39 Å². The van der Waals surface area contributed by atoms with Crippen molar-refractivity contribution < 1.29 is 9.18 Å². The molecule has 1 aromatic rings. The predicted molar refractivity (Wildman–Crippen MR) is 85.3 cm³/mol. The van der Waals surface area contributed by atoms with E-state index in [9.17, 15) is 9.18 Å². The van der Waals surface area contributed by atoms with E-state index in [2.05, 4.69) is 21.2 Å². The number of hydrogen-bond donors (Lipinski definition) is 1. The number of nitrogens with zero attached hydrogens (tertiary/aromatic N) is 1. The minimum atomic E-state index is -0.269. The molecule has 116 valence electrons. The zero-order valence-electron chi connectivity index (χ0n) is 12.7. The fourth-order valence-electron chi connectivity index (χ4n) is 2.49. The first-order valence-corrected chi connectivity index (χ1v) is 8.14. The van der Waals surface area contributed by atoms with Crippen LogP contribution in [-0.4, -0.2) is 29.9 Å². The van der Waals surface area contributed by atoms with Crippen molar-refractivity contribution in [2.75, 3.05) is 13.1 Å². The topological polar surface area (TPSA) is 32.3 Å². The highest BCUT2D eigenvalue weighted by Crippen LogP contribution is 2.23. The summed E-state index contributed by atoms with van der Waals surface area (Å²) in [5.74, 6) is 0.209. The lowest BCUT2D eigenvalue weighted by Crippen LogP contribution is -2.51. The summed E-state index contributed by atoms with van der Waals surface area (Å²) in [6.45, 7) is 8.01. The van der Waals surface area contributed by atoms with E-state index in [4.69, 9.17) is 0 Å². The number of halogens is 2. The maximum absolute atomic E-state index is 13.9. The molecule has 1 aliphatic rings. The van der Waals surface area contributed by atoms with Crippen LogP contribution < -0.4 is 5.32 Å². The fourth-order valence-corrected chi connectivity index (χ4v) is 2.90. The summed E-state index contributed by atoms with van der Waals surface area (Å²) in [5, 5.41) is 3.19. The Morgan fingerprint density at radius 2 is 2.10 bits per heavy atom. The average molecular weight is 357 g/mol. The summed E-state index contributed by atoms with van der Waals surface area (Å²) in [4.78, 5) is 14.5. The second kappa shape index (κ2) is 6.88. The van der Waals surface area contributed by atoms with E-state index < -0.39 is 0 Å². The second-order valence-corrected chi connectivity index (χ2v) is 6.92. The van der Waals surface area contributed by atoms with E-state index in [-0.39, 0.29) is 23.7 Å². The summed E-state index contributed by atoms with van der Waals surface area (Å²) in [5.41, 5.74) is 0.547. The van der Waals surface area contributed by atoms with Gasteiger partial charge in [-0.3, -0.25) is 4.79 Å². The van der Waals surface area contributed by atoms with Gasteiger partial charge in [0.2, 0.25) is 5.91 Å². The minimum Gasteiger partial charge on any atom is -0.336 e. The summed E-state index contributed by atoms with van der Waals surface area (Å²) in [6, 6.07) is 4.89. The maximum atomic E-state index is 13.9. The van der Waals surface area contributed by atoms with Gasteiger partial charge in [-0.05, 0) is 51.1 Å². The Hall–Kier alpha value is -0.940. The number of carbonyl (C=O) groups excluding carboxylic acids is 1. The summed E-state index contributed by atoms with van der Waals surface area (Å²) in [6.07, 6.45) is 0. The second-order valence-electron chi connectivity index (χ2n) is 6.00. The molecule has 0 radical (unpaired) electrons. The molecule has 1 aromatic carbocycles. The molecule has 1 unspecified atom stereocenters. The molecule has 1 amide bonds. The van der Waals surface area contributed by atoms with E-state index in [1.54, 1.807) is 17.0 Å². The Bertz CT molecular complexity index is 517. The van der Waals surface area contributed by atoms with Crippen molar-refractivity contribution >= 4 is 21.8 Å². The molecule has 1 heterocycles. The van der Waals surface area contributed by atoms with Crippen molar-refractivity contribution in [3.05, 3.63) is 34.1 Å². The van der Waals surface area contributed by atoms with Gasteiger partial charge in [0.15, 0.2) is 0 Å². The molecule has 3 nitrogen and oxygen atoms in total. The first-order chi connectivity index (χ1) is 9.90. The van der Waals surface area contributed by atoms with Gasteiger partial charge in [-0.1, -0.05) is 22.9 Å². The number of carbonyl (C=O) groups is 1. The molecule has 1 saturated heterocycles. The monoisotopic (exact) mass is 356 g/mol. The Kier molecular flexibility index (Phi) is 5.38. The number of rotatable bonds is 5. The summed E-state index contributed by atoms with van der Waals surface area (Å²) >= 11 is 3.35. The highest BCUT2D eigenvalue weighted by atomic mass is 79.9. The van der Waals surface area contributed by atoms with Gasteiger partial charge in [0.05, 0.1) is 0 Å². The van der Waals surface area contributed by atoms with Crippen LogP contribution >= 0.6 is 15.9 Å². The van der Waals surface area contributed by atoms with Crippen molar-refractivity contribution in [2.45, 2.75) is 33.4 Å². The van der Waals surface area contributed by atoms with Gasteiger partial charge in [-0.15, -0.1) is 0 Å². The van der Waals surface area contributed by atoms with Crippen molar-refractivity contribution in [2.24, 2.45) is 11.8 Å². The zero-order valence-corrected chi connectivity index (χ0v) is 14.3. The zero-order chi connectivity index (χ0) is 15.6. The number of amides is 1. The third kappa shape index (κ3) is 3.83. The predicted octanol–water partition coefficient (Wildman–Crippen LogP) is 3.18. The number of nitrogens with one attached hydrogen (secondary N) is 1. The number of benzene rings is 1. The van der Waals surface area contributed by atoms with E-state index in [1.165, 1.54) is 6.07 Å². The molecule has 0 spiro atoms. The molecule has 1 N–H and O–H groups in total. The van der Waals surface area contributed by atoms with Crippen LogP contribution in [0.5, 0.6) is 0 Å². The van der Waals surface area contributed by atoms with Gasteiger partial charge in [0, 0.05) is 28.5 Å². The molecule has 0 saturated carbocycles. The summed E-state index contributed by atoms with van der Waals surface area (Å²) in [7, 11) is 0. The molecule has 1 atom stereocenters. The van der Waals surface area contributed by atoms with E-state index in [1.807, 2.05) is 20.8 Å². The first kappa shape index (κ1) is 16.4. The van der Waals surface area contributed by atoms with Gasteiger partial charge < -0.3 is 10.2 Å². The van der Waals surface area contributed by atoms with Crippen LogP contribution in [-0.2, 0) is 11.3 Å². The third-order valence-corrected chi connectivity index (χ3v) is 4.66. The third-order valence-electron chi connectivity index (χ3n) is 4.16. The van der Waals surface area contributed by atoms with Crippen LogP contribution in [0.25, 0.3) is 0 Å². The molecular formula is C16H22BrFN2O. The van der Waals surface area contributed by atoms with Gasteiger partial charge in [-0.2, -0.15) is 0 Å². The van der Waals surface area contributed by atoms with E-state index in [0.717, 1.165) is 17.6 Å². The highest BCUT2D eigenvalue weighted by Gasteiger charge is 2.32. The molecule has 2 rings (SSSR count). The van der Waals surface area contributed by atoms with Crippen molar-refractivity contribution in [3.63, 3.8) is 0 Å². The van der Waals surface area contributed by atoms with Gasteiger partial charge in [0.25, 0.3) is 0 Å². The molecule has 0 aromatic heterocycles. The van der Waals surface area contributed by atoms with Crippen LogP contribution in [0.3, 0.4) is 0 Å². The van der Waals surface area contributed by atoms with Crippen molar-refractivity contribution in [1.82, 2.24) is 10.2 Å². The van der Waals surface area contributed by atoms with Gasteiger partial charge >= 0.3 is 0 Å². The standard InChI is InChI=1S/C16H22BrFN2O/c1-10(2)20(16(21)11(3)13-7-19-8-13)9-12-6-14(17)4-5-15(12)18/h4-6,10-11,13,19H,7-9H2,1-3H3. The lowest BCUT2D eigenvalue weighted by atomic mass is 9.87. The molecule has 1 fully saturated rings. The lowest BCUT2D eigenvalue weighted by Gasteiger charge is -2.36. The average Bonchev–Trinajstić information content (AvgIpc) is 2.36. The van der Waals surface area contributed by atoms with E-state index >= 15 is 0 Å². The smallest absolute Gasteiger partial charge is 0.226 e. The van der Waals surface area contributed by atoms with Crippen LogP contribution in [0.15, 0.2) is 22.7 Å². The molecule has 21 heavy (non-hydrogen) atoms. The Morgan fingerprint density at radius 3 is 2.62 bits per heavy atom. The molecule has 0 aliphatic carbocycles. The minimum absolute atomic E-state index is 0.0242. The quantitative estimate of drug-likeness (QED) is 0.878. The molecular weight excluding hydrogens is 335 g/mol. The normalized spacial score (nSPS) is 16.7. The first-order valence-electron chi connectivity index (χ1n) is 7.35. The Balaban J connectivity index is 2.14. The van der Waals surface area contributed by atoms with Gasteiger partial charge in [0.1, 0.15) is 5.82 Å². The van der Waals surface area contributed by atoms with E-state index in [0.29, 0.717) is 18.0 Å². The van der Waals surface area contributed by atoms with Crippen LogP contribution in [0.2, 0.25) is 0 Å². The van der Waals surface area contributed by atoms with Crippen molar-refractivity contribution in [3.8, 4) is 0 Å². The van der Waals surface area contributed by atoms with Crippen LogP contribution in [0, 0.1) is 17.7 Å². The molecule has 5 heteroatoms. The van der Waals surface area contributed by atoms with Crippen molar-refractivity contribution in [1.29, 1.82) is 0 Å². The molecule has 0 bridgehead atoms. The SMILES string of the molecule is CC(C(=O)N(Cc1cc(Br)ccc1F)C(C)C)C1CNC1. The summed E-state index contributed by atoms with van der Waals surface area (Å²) < 4.78 is 14.8. The maximum Gasteiger partial charge on any atom is 0.226 e. The van der Waals surface area contributed by atoms with Gasteiger partial charge in [-0.25, -0.2) is 4.39 Å². The Labute approximate surface area is 134 Å². The lowest BCUT2D eigenvalue weighted by molar-refractivity contribution is -0.139.